The molecule has 1 amide bonds. The topological polar surface area (TPSA) is 66.5 Å². The van der Waals surface area contributed by atoms with E-state index in [1.807, 2.05) is 39.0 Å². The lowest BCUT2D eigenvalue weighted by molar-refractivity contribution is 0.0795. The van der Waals surface area contributed by atoms with Crippen LogP contribution in [0.3, 0.4) is 0 Å². The van der Waals surface area contributed by atoms with Gasteiger partial charge in [0.15, 0.2) is 23.0 Å². The highest BCUT2D eigenvalue weighted by atomic mass is 16.5. The number of ether oxygens (including phenoxy) is 5. The Hall–Kier alpha value is -3.09. The maximum absolute atomic E-state index is 13.1. The zero-order valence-electron chi connectivity index (χ0n) is 19.3. The molecule has 0 N–H and O–H groups in total. The zero-order chi connectivity index (χ0) is 22.8. The van der Waals surface area contributed by atoms with Crippen LogP contribution < -0.4 is 23.7 Å². The molecule has 31 heavy (non-hydrogen) atoms. The van der Waals surface area contributed by atoms with Crippen molar-refractivity contribution in [2.45, 2.75) is 27.2 Å². The van der Waals surface area contributed by atoms with E-state index in [9.17, 15) is 4.79 Å². The Morgan fingerprint density at radius 1 is 0.806 bits per heavy atom. The fourth-order valence-electron chi connectivity index (χ4n) is 3.17. The Morgan fingerprint density at radius 2 is 1.39 bits per heavy atom. The number of likely N-dealkylation sites (N-methyl/N-ethyl adjacent to an activating group) is 1. The lowest BCUT2D eigenvalue weighted by Crippen LogP contribution is -2.29. The summed E-state index contributed by atoms with van der Waals surface area (Å²) in [4.78, 5) is 14.8. The van der Waals surface area contributed by atoms with Crippen molar-refractivity contribution < 1.29 is 28.5 Å². The lowest BCUT2D eigenvalue weighted by Gasteiger charge is -2.20. The Bertz CT molecular complexity index is 840. The first-order valence-corrected chi connectivity index (χ1v) is 10.5. The van der Waals surface area contributed by atoms with Gasteiger partial charge in [0.1, 0.15) is 0 Å². The number of hydrogen-bond acceptors (Lipinski definition) is 6. The molecule has 0 aliphatic heterocycles. The van der Waals surface area contributed by atoms with Gasteiger partial charge in [0.25, 0.3) is 5.91 Å². The van der Waals surface area contributed by atoms with Gasteiger partial charge in [0, 0.05) is 19.2 Å². The molecule has 0 bridgehead atoms. The number of amides is 1. The smallest absolute Gasteiger partial charge is 0.253 e. The van der Waals surface area contributed by atoms with Crippen LogP contribution in [0, 0.1) is 0 Å². The summed E-state index contributed by atoms with van der Waals surface area (Å²) in [6.45, 7) is 7.59. The molecule has 170 valence electrons. The number of carbonyl (C=O) groups is 1. The molecule has 7 nitrogen and oxygen atoms in total. The van der Waals surface area contributed by atoms with Crippen molar-refractivity contribution in [3.63, 3.8) is 0 Å². The molecule has 2 rings (SSSR count). The zero-order valence-corrected chi connectivity index (χ0v) is 19.3. The van der Waals surface area contributed by atoms with Gasteiger partial charge in [-0.2, -0.15) is 0 Å². The van der Waals surface area contributed by atoms with Crippen LogP contribution in [-0.4, -0.2) is 58.4 Å². The highest BCUT2D eigenvalue weighted by Gasteiger charge is 2.20. The van der Waals surface area contributed by atoms with Gasteiger partial charge in [-0.1, -0.05) is 6.07 Å². The summed E-state index contributed by atoms with van der Waals surface area (Å²) in [6.07, 6.45) is 0.677. The molecule has 0 spiro atoms. The molecule has 0 aliphatic rings. The van der Waals surface area contributed by atoms with Crippen LogP contribution in [0.2, 0.25) is 0 Å². The minimum Gasteiger partial charge on any atom is -0.493 e. The molecule has 0 radical (unpaired) electrons. The molecule has 7 heteroatoms. The molecular weight excluding hydrogens is 398 g/mol. The normalized spacial score (nSPS) is 10.4. The number of rotatable bonds is 12. The van der Waals surface area contributed by atoms with Crippen molar-refractivity contribution in [3.05, 3.63) is 41.5 Å². The van der Waals surface area contributed by atoms with Crippen LogP contribution in [0.25, 0.3) is 0 Å². The number of benzene rings is 2. The Labute approximate surface area is 184 Å². The van der Waals surface area contributed by atoms with Crippen molar-refractivity contribution in [2.24, 2.45) is 0 Å². The fourth-order valence-corrected chi connectivity index (χ4v) is 3.17. The number of carbonyl (C=O) groups excluding carboxylic acids is 1. The number of methoxy groups -OCH3 is 2. The van der Waals surface area contributed by atoms with Gasteiger partial charge in [-0.05, 0) is 57.0 Å². The number of nitrogens with zero attached hydrogens (tertiary/aromatic N) is 1. The molecule has 0 saturated carbocycles. The summed E-state index contributed by atoms with van der Waals surface area (Å²) in [5.74, 6) is 2.76. The monoisotopic (exact) mass is 431 g/mol. The van der Waals surface area contributed by atoms with Crippen LogP contribution in [0.5, 0.6) is 28.7 Å². The van der Waals surface area contributed by atoms with Crippen LogP contribution in [0.4, 0.5) is 0 Å². The summed E-state index contributed by atoms with van der Waals surface area (Å²) < 4.78 is 27.8. The maximum atomic E-state index is 13.1. The van der Waals surface area contributed by atoms with E-state index < -0.39 is 0 Å². The summed E-state index contributed by atoms with van der Waals surface area (Å²) in [6, 6.07) is 9.19. The van der Waals surface area contributed by atoms with Crippen molar-refractivity contribution >= 4 is 5.91 Å². The average molecular weight is 432 g/mol. The maximum Gasteiger partial charge on any atom is 0.253 e. The molecule has 0 heterocycles. The standard InChI is InChI=1S/C24H33NO6/c1-7-29-21-15-18(16-22(30-8-2)23(21)31-9-3)24(26)25(4)13-12-17-10-11-19(27-5)20(14-17)28-6/h10-11,14-16H,7-9,12-13H2,1-6H3. The fraction of sp³-hybridized carbons (Fsp3) is 0.458. The highest BCUT2D eigenvalue weighted by molar-refractivity contribution is 5.95. The second kappa shape index (κ2) is 11.9. The molecule has 2 aromatic rings. The quantitative estimate of drug-likeness (QED) is 0.501. The third kappa shape index (κ3) is 6.20. The van der Waals surface area contributed by atoms with E-state index in [1.165, 1.54) is 0 Å². The third-order valence-electron chi connectivity index (χ3n) is 4.69. The van der Waals surface area contributed by atoms with E-state index in [-0.39, 0.29) is 5.91 Å². The Kier molecular flexibility index (Phi) is 9.31. The number of hydrogen-bond donors (Lipinski definition) is 0. The predicted molar refractivity (Wildman–Crippen MR) is 120 cm³/mol. The van der Waals surface area contributed by atoms with E-state index in [2.05, 4.69) is 0 Å². The Balaban J connectivity index is 2.20. The molecule has 0 aromatic heterocycles. The second-order valence-electron chi connectivity index (χ2n) is 6.77. The molecule has 0 saturated heterocycles. The molecule has 0 atom stereocenters. The van der Waals surface area contributed by atoms with Crippen LogP contribution in [0.15, 0.2) is 30.3 Å². The minimum absolute atomic E-state index is 0.120. The van der Waals surface area contributed by atoms with Crippen LogP contribution >= 0.6 is 0 Å². The van der Waals surface area contributed by atoms with Crippen molar-refractivity contribution in [3.8, 4) is 28.7 Å². The SMILES string of the molecule is CCOc1cc(C(=O)N(C)CCc2ccc(OC)c(OC)c2)cc(OCC)c1OCC. The van der Waals surface area contributed by atoms with Gasteiger partial charge >= 0.3 is 0 Å². The van der Waals surface area contributed by atoms with Gasteiger partial charge in [-0.25, -0.2) is 0 Å². The van der Waals surface area contributed by atoms with Gasteiger partial charge in [-0.3, -0.25) is 4.79 Å². The summed E-state index contributed by atoms with van der Waals surface area (Å²) in [5, 5.41) is 0. The van der Waals surface area contributed by atoms with Crippen molar-refractivity contribution in [1.29, 1.82) is 0 Å². The summed E-state index contributed by atoms with van der Waals surface area (Å²) in [7, 11) is 4.99. The first kappa shape index (κ1) is 24.2. The third-order valence-corrected chi connectivity index (χ3v) is 4.69. The van der Waals surface area contributed by atoms with Crippen molar-refractivity contribution in [1.82, 2.24) is 4.90 Å². The van der Waals surface area contributed by atoms with Gasteiger partial charge in [-0.15, -0.1) is 0 Å². The van der Waals surface area contributed by atoms with Gasteiger partial charge in [0.2, 0.25) is 5.75 Å². The van der Waals surface area contributed by atoms with Crippen molar-refractivity contribution in [2.75, 3.05) is 47.6 Å². The molecule has 0 unspecified atom stereocenters. The van der Waals surface area contributed by atoms with E-state index in [0.29, 0.717) is 67.1 Å². The Morgan fingerprint density at radius 3 is 1.90 bits per heavy atom. The summed E-state index contributed by atoms with van der Waals surface area (Å²) >= 11 is 0. The van der Waals surface area contributed by atoms with E-state index >= 15 is 0 Å². The largest absolute Gasteiger partial charge is 0.493 e. The van der Waals surface area contributed by atoms with E-state index in [4.69, 9.17) is 23.7 Å². The highest BCUT2D eigenvalue weighted by Crippen LogP contribution is 2.39. The second-order valence-corrected chi connectivity index (χ2v) is 6.77. The van der Waals surface area contributed by atoms with E-state index in [0.717, 1.165) is 5.56 Å². The molecule has 2 aromatic carbocycles. The van der Waals surface area contributed by atoms with Crippen LogP contribution in [-0.2, 0) is 6.42 Å². The molecule has 0 fully saturated rings. The predicted octanol–water partition coefficient (Wildman–Crippen LogP) is 4.21. The minimum atomic E-state index is -0.120. The van der Waals surface area contributed by atoms with Crippen LogP contribution in [0.1, 0.15) is 36.7 Å². The van der Waals surface area contributed by atoms with E-state index in [1.54, 1.807) is 38.3 Å². The first-order chi connectivity index (χ1) is 15.0. The summed E-state index contributed by atoms with van der Waals surface area (Å²) in [5.41, 5.74) is 1.54. The molecular formula is C24H33NO6. The average Bonchev–Trinajstić information content (AvgIpc) is 2.78. The van der Waals surface area contributed by atoms with Gasteiger partial charge in [0.05, 0.1) is 34.0 Å². The first-order valence-electron chi connectivity index (χ1n) is 10.5. The van der Waals surface area contributed by atoms with Gasteiger partial charge < -0.3 is 28.6 Å². The lowest BCUT2D eigenvalue weighted by atomic mass is 10.1. The molecule has 0 aliphatic carbocycles.